The summed E-state index contributed by atoms with van der Waals surface area (Å²) in [5, 5.41) is 17.0. The van der Waals surface area contributed by atoms with Crippen molar-refractivity contribution in [3.05, 3.63) is 54.1 Å². The van der Waals surface area contributed by atoms with Crippen molar-refractivity contribution in [2.24, 2.45) is 5.73 Å². The molecule has 0 bridgehead atoms. The first-order chi connectivity index (χ1) is 14.9. The fraction of sp³-hybridized carbons (Fsp3) is 0.455. The molecule has 8 nitrogen and oxygen atoms in total. The standard InChI is InChI=1S/C22H30N4O4S/c23-19(12-16-6-2-1-3-7-16)22(27)14-26(30-17-8-4-5-9-17)31(28,29)18-10-11-20-21(13-18)25-15-24-20/h1-3,6-7,10-11,13,17,19,22,24-25,27H,4-5,8-9,12,14-15,23H2/t19-,22+/m0/s1. The van der Waals surface area contributed by atoms with Gasteiger partial charge in [0.1, 0.15) is 0 Å². The largest absolute Gasteiger partial charge is 0.390 e. The molecule has 5 N–H and O–H groups in total. The monoisotopic (exact) mass is 446 g/mol. The van der Waals surface area contributed by atoms with Gasteiger partial charge in [-0.3, -0.25) is 4.84 Å². The van der Waals surface area contributed by atoms with Crippen LogP contribution in [0.2, 0.25) is 0 Å². The molecule has 1 aliphatic heterocycles. The van der Waals surface area contributed by atoms with Gasteiger partial charge in [-0.1, -0.05) is 47.6 Å². The quantitative estimate of drug-likeness (QED) is 0.437. The molecule has 0 unspecified atom stereocenters. The lowest BCUT2D eigenvalue weighted by Gasteiger charge is -2.29. The van der Waals surface area contributed by atoms with Gasteiger partial charge in [-0.2, -0.15) is 0 Å². The van der Waals surface area contributed by atoms with Crippen LogP contribution in [0.15, 0.2) is 53.4 Å². The molecule has 4 rings (SSSR count). The Labute approximate surface area is 183 Å². The molecular formula is C22H30N4O4S. The molecular weight excluding hydrogens is 416 g/mol. The second kappa shape index (κ2) is 9.54. The average molecular weight is 447 g/mol. The van der Waals surface area contributed by atoms with E-state index < -0.39 is 22.2 Å². The second-order valence-corrected chi connectivity index (χ2v) is 9.99. The van der Waals surface area contributed by atoms with Crippen molar-refractivity contribution in [1.29, 1.82) is 0 Å². The summed E-state index contributed by atoms with van der Waals surface area (Å²) in [7, 11) is -3.98. The first kappa shape index (κ1) is 22.0. The van der Waals surface area contributed by atoms with E-state index in [4.69, 9.17) is 10.6 Å². The van der Waals surface area contributed by atoms with Gasteiger partial charge >= 0.3 is 0 Å². The highest BCUT2D eigenvalue weighted by Crippen LogP contribution is 2.31. The van der Waals surface area contributed by atoms with E-state index in [9.17, 15) is 13.5 Å². The van der Waals surface area contributed by atoms with Crippen LogP contribution in [-0.4, -0.2) is 49.5 Å². The number of nitrogens with zero attached hydrogens (tertiary/aromatic N) is 1. The van der Waals surface area contributed by atoms with Gasteiger partial charge in [0.05, 0.1) is 41.7 Å². The smallest absolute Gasteiger partial charge is 0.265 e. The van der Waals surface area contributed by atoms with Crippen LogP contribution in [-0.2, 0) is 21.3 Å². The Balaban J connectivity index is 1.53. The van der Waals surface area contributed by atoms with Crippen LogP contribution in [0.1, 0.15) is 31.2 Å². The maximum absolute atomic E-state index is 13.4. The van der Waals surface area contributed by atoms with Crippen LogP contribution in [0, 0.1) is 0 Å². The van der Waals surface area contributed by atoms with Gasteiger partial charge in [-0.05, 0) is 43.0 Å². The Bertz CT molecular complexity index is 980. The summed E-state index contributed by atoms with van der Waals surface area (Å²) in [6.45, 7) is 0.323. The maximum atomic E-state index is 13.4. The van der Waals surface area contributed by atoms with E-state index in [-0.39, 0.29) is 17.5 Å². The molecule has 1 heterocycles. The zero-order valence-electron chi connectivity index (χ0n) is 17.4. The Kier molecular flexibility index (Phi) is 6.78. The molecule has 0 amide bonds. The molecule has 9 heteroatoms. The molecule has 0 radical (unpaired) electrons. The van der Waals surface area contributed by atoms with E-state index in [1.807, 2.05) is 30.3 Å². The van der Waals surface area contributed by atoms with E-state index in [0.29, 0.717) is 13.1 Å². The number of rotatable bonds is 9. The van der Waals surface area contributed by atoms with Gasteiger partial charge in [0.2, 0.25) is 0 Å². The van der Waals surface area contributed by atoms with Crippen molar-refractivity contribution < 1.29 is 18.4 Å². The van der Waals surface area contributed by atoms with Crippen molar-refractivity contribution in [3.63, 3.8) is 0 Å². The summed E-state index contributed by atoms with van der Waals surface area (Å²) in [5.41, 5.74) is 8.78. The lowest BCUT2D eigenvalue weighted by Crippen LogP contribution is -2.47. The highest BCUT2D eigenvalue weighted by molar-refractivity contribution is 7.89. The minimum absolute atomic E-state index is 0.115. The molecule has 2 aliphatic rings. The van der Waals surface area contributed by atoms with Crippen LogP contribution in [0.4, 0.5) is 11.4 Å². The number of anilines is 2. The predicted octanol–water partition coefficient (Wildman–Crippen LogP) is 2.28. The third-order valence-corrected chi connectivity index (χ3v) is 7.45. The van der Waals surface area contributed by atoms with E-state index in [1.54, 1.807) is 18.2 Å². The molecule has 31 heavy (non-hydrogen) atoms. The van der Waals surface area contributed by atoms with Crippen molar-refractivity contribution in [3.8, 4) is 0 Å². The SMILES string of the molecule is N[C@@H](Cc1ccccc1)[C@H](O)CN(OC1CCCC1)S(=O)(=O)c1ccc2c(c1)NCN2. The molecule has 1 fully saturated rings. The van der Waals surface area contributed by atoms with Crippen molar-refractivity contribution in [1.82, 2.24) is 4.47 Å². The van der Waals surface area contributed by atoms with E-state index in [1.165, 1.54) is 0 Å². The number of nitrogens with two attached hydrogens (primary N) is 1. The van der Waals surface area contributed by atoms with Gasteiger partial charge in [0.15, 0.2) is 0 Å². The third-order valence-electron chi connectivity index (χ3n) is 5.83. The topological polar surface area (TPSA) is 117 Å². The molecule has 2 aromatic carbocycles. The number of aliphatic hydroxyl groups excluding tert-OH is 1. The minimum Gasteiger partial charge on any atom is -0.390 e. The molecule has 1 aliphatic carbocycles. The lowest BCUT2D eigenvalue weighted by atomic mass is 10.0. The van der Waals surface area contributed by atoms with Gasteiger partial charge in [-0.15, -0.1) is 0 Å². The molecule has 1 saturated carbocycles. The highest BCUT2D eigenvalue weighted by Gasteiger charge is 2.33. The maximum Gasteiger partial charge on any atom is 0.265 e. The van der Waals surface area contributed by atoms with E-state index in [0.717, 1.165) is 47.1 Å². The molecule has 168 valence electrons. The summed E-state index contributed by atoms with van der Waals surface area (Å²) < 4.78 is 27.8. The number of nitrogens with one attached hydrogen (secondary N) is 2. The number of hydrogen-bond donors (Lipinski definition) is 4. The van der Waals surface area contributed by atoms with Crippen LogP contribution >= 0.6 is 0 Å². The van der Waals surface area contributed by atoms with Gasteiger partial charge < -0.3 is 21.5 Å². The van der Waals surface area contributed by atoms with Crippen LogP contribution < -0.4 is 16.4 Å². The average Bonchev–Trinajstić information content (AvgIpc) is 3.45. The van der Waals surface area contributed by atoms with Crippen LogP contribution in [0.25, 0.3) is 0 Å². The van der Waals surface area contributed by atoms with Crippen LogP contribution in [0.3, 0.4) is 0 Å². The van der Waals surface area contributed by atoms with Gasteiger partial charge in [0, 0.05) is 6.04 Å². The Morgan fingerprint density at radius 3 is 2.55 bits per heavy atom. The third kappa shape index (κ3) is 5.19. The Hall–Kier alpha value is -2.17. The van der Waals surface area contributed by atoms with E-state index in [2.05, 4.69) is 10.6 Å². The normalized spacial score (nSPS) is 18.4. The van der Waals surface area contributed by atoms with Crippen LogP contribution in [0.5, 0.6) is 0 Å². The summed E-state index contributed by atoms with van der Waals surface area (Å²) in [4.78, 5) is 6.03. The molecule has 0 saturated heterocycles. The van der Waals surface area contributed by atoms with Crippen molar-refractivity contribution in [2.75, 3.05) is 23.8 Å². The number of hydrogen-bond acceptors (Lipinski definition) is 7. The fourth-order valence-electron chi connectivity index (χ4n) is 4.00. The minimum atomic E-state index is -3.98. The summed E-state index contributed by atoms with van der Waals surface area (Å²) in [5.74, 6) is 0. The zero-order valence-corrected chi connectivity index (χ0v) is 18.2. The first-order valence-corrected chi connectivity index (χ1v) is 12.2. The number of fused-ring (bicyclic) bond motifs is 1. The highest BCUT2D eigenvalue weighted by atomic mass is 32.2. The van der Waals surface area contributed by atoms with Crippen molar-refractivity contribution in [2.45, 2.75) is 55.2 Å². The predicted molar refractivity (Wildman–Crippen MR) is 120 cm³/mol. The Morgan fingerprint density at radius 1 is 1.10 bits per heavy atom. The summed E-state index contributed by atoms with van der Waals surface area (Å²) >= 11 is 0. The number of aliphatic hydroxyl groups is 1. The number of hydroxylamine groups is 1. The van der Waals surface area contributed by atoms with Gasteiger partial charge in [0.25, 0.3) is 10.0 Å². The molecule has 2 atom stereocenters. The first-order valence-electron chi connectivity index (χ1n) is 10.7. The number of sulfonamides is 1. The number of benzene rings is 2. The second-order valence-electron chi connectivity index (χ2n) is 8.16. The molecule has 2 aromatic rings. The summed E-state index contributed by atoms with van der Waals surface area (Å²) in [6, 6.07) is 13.8. The van der Waals surface area contributed by atoms with Crippen molar-refractivity contribution >= 4 is 21.4 Å². The molecule has 0 aromatic heterocycles. The zero-order chi connectivity index (χ0) is 21.8. The molecule has 0 spiro atoms. The Morgan fingerprint density at radius 2 is 1.81 bits per heavy atom. The van der Waals surface area contributed by atoms with E-state index >= 15 is 0 Å². The fourth-order valence-corrected chi connectivity index (χ4v) is 5.33. The lowest BCUT2D eigenvalue weighted by molar-refractivity contribution is -0.144. The van der Waals surface area contributed by atoms with Gasteiger partial charge in [-0.25, -0.2) is 8.42 Å². The summed E-state index contributed by atoms with van der Waals surface area (Å²) in [6.07, 6.45) is 2.79.